The normalized spacial score (nSPS) is 10.9. The smallest absolute Gasteiger partial charge is 0.191 e. The summed E-state index contributed by atoms with van der Waals surface area (Å²) in [6.45, 7) is 3.77. The van der Waals surface area contributed by atoms with Crippen LogP contribution in [0.15, 0.2) is 34.6 Å². The van der Waals surface area contributed by atoms with Crippen LogP contribution < -0.4 is 10.6 Å². The number of rotatable bonds is 4. The predicted molar refractivity (Wildman–Crippen MR) is 95.8 cm³/mol. The molecule has 6 heteroatoms. The van der Waals surface area contributed by atoms with Gasteiger partial charge in [0, 0.05) is 21.7 Å². The summed E-state index contributed by atoms with van der Waals surface area (Å²) in [7, 11) is 1.80. The average molecular weight is 407 g/mol. The van der Waals surface area contributed by atoms with Crippen molar-refractivity contribution >= 4 is 52.6 Å². The van der Waals surface area contributed by atoms with Gasteiger partial charge in [0.2, 0.25) is 0 Å². The highest BCUT2D eigenvalue weighted by Crippen LogP contribution is 2.14. The van der Waals surface area contributed by atoms with Crippen molar-refractivity contribution in [2.75, 3.05) is 7.05 Å². The quantitative estimate of drug-likeness (QED) is 0.462. The second-order valence-electron chi connectivity index (χ2n) is 3.87. The first-order valence-corrected chi connectivity index (χ1v) is 7.50. The molecule has 0 radical (unpaired) electrons. The van der Waals surface area contributed by atoms with Crippen molar-refractivity contribution in [1.29, 1.82) is 0 Å². The summed E-state index contributed by atoms with van der Waals surface area (Å²) in [5.41, 5.74) is 0. The minimum absolute atomic E-state index is 0. The number of halogens is 1. The second kappa shape index (κ2) is 8.55. The van der Waals surface area contributed by atoms with Gasteiger partial charge >= 0.3 is 0 Å². The molecule has 2 aromatic heterocycles. The predicted octanol–water partition coefficient (Wildman–Crippen LogP) is 3.60. The van der Waals surface area contributed by atoms with Gasteiger partial charge in [0.25, 0.3) is 0 Å². The Labute approximate surface area is 139 Å². The third-order valence-corrected chi connectivity index (χ3v) is 4.34. The van der Waals surface area contributed by atoms with E-state index < -0.39 is 0 Å². The molecular weight excluding hydrogens is 389 g/mol. The fraction of sp³-hybridized carbons (Fsp3) is 0.308. The molecule has 0 bridgehead atoms. The summed E-state index contributed by atoms with van der Waals surface area (Å²) in [6, 6.07) is 8.48. The maximum Gasteiger partial charge on any atom is 0.191 e. The number of aliphatic imine (C=N–C) groups is 1. The van der Waals surface area contributed by atoms with E-state index in [1.54, 1.807) is 18.4 Å². The second-order valence-corrected chi connectivity index (χ2v) is 6.28. The van der Waals surface area contributed by atoms with E-state index in [4.69, 9.17) is 0 Å². The largest absolute Gasteiger partial charge is 0.352 e. The molecular formula is C13H18IN3S2. The van der Waals surface area contributed by atoms with Gasteiger partial charge in [-0.15, -0.1) is 46.7 Å². The maximum atomic E-state index is 4.21. The Morgan fingerprint density at radius 2 is 1.89 bits per heavy atom. The number of hydrogen-bond acceptors (Lipinski definition) is 3. The van der Waals surface area contributed by atoms with E-state index in [1.807, 2.05) is 11.3 Å². The minimum Gasteiger partial charge on any atom is -0.352 e. The molecule has 2 aromatic rings. The van der Waals surface area contributed by atoms with Gasteiger partial charge in [-0.3, -0.25) is 4.99 Å². The third-order valence-electron chi connectivity index (χ3n) is 2.46. The Balaban J connectivity index is 0.00000180. The summed E-state index contributed by atoms with van der Waals surface area (Å²) in [5, 5.41) is 8.70. The molecule has 2 rings (SSSR count). The number of nitrogens with zero attached hydrogens (tertiary/aromatic N) is 1. The minimum atomic E-state index is 0. The van der Waals surface area contributed by atoms with Gasteiger partial charge in [-0.25, -0.2) is 0 Å². The van der Waals surface area contributed by atoms with Crippen LogP contribution in [0, 0.1) is 6.92 Å². The lowest BCUT2D eigenvalue weighted by Crippen LogP contribution is -2.35. The van der Waals surface area contributed by atoms with E-state index in [0.29, 0.717) is 0 Å². The molecule has 0 aliphatic carbocycles. The summed E-state index contributed by atoms with van der Waals surface area (Å²) in [4.78, 5) is 8.19. The summed E-state index contributed by atoms with van der Waals surface area (Å²) >= 11 is 3.56. The fourth-order valence-corrected chi connectivity index (χ4v) is 3.03. The molecule has 19 heavy (non-hydrogen) atoms. The molecule has 0 saturated heterocycles. The third kappa shape index (κ3) is 5.50. The molecule has 0 amide bonds. The van der Waals surface area contributed by atoms with Crippen molar-refractivity contribution < 1.29 is 0 Å². The van der Waals surface area contributed by atoms with Crippen LogP contribution in [0.3, 0.4) is 0 Å². The fourth-order valence-electron chi connectivity index (χ4n) is 1.56. The van der Waals surface area contributed by atoms with Crippen LogP contribution in [0.5, 0.6) is 0 Å². The van der Waals surface area contributed by atoms with E-state index in [-0.39, 0.29) is 24.0 Å². The topological polar surface area (TPSA) is 36.4 Å². The first-order chi connectivity index (χ1) is 8.78. The summed E-state index contributed by atoms with van der Waals surface area (Å²) in [5.74, 6) is 0.842. The zero-order valence-corrected chi connectivity index (χ0v) is 14.9. The molecule has 0 saturated carbocycles. The molecule has 104 valence electrons. The molecule has 0 aliphatic heterocycles. The van der Waals surface area contributed by atoms with E-state index in [0.717, 1.165) is 19.0 Å². The number of hydrogen-bond donors (Lipinski definition) is 2. The molecule has 3 nitrogen and oxygen atoms in total. The molecule has 0 spiro atoms. The van der Waals surface area contributed by atoms with Gasteiger partial charge in [0.05, 0.1) is 13.1 Å². The van der Waals surface area contributed by atoms with Gasteiger partial charge in [-0.05, 0) is 30.5 Å². The first kappa shape index (κ1) is 16.5. The van der Waals surface area contributed by atoms with Gasteiger partial charge in [0.15, 0.2) is 5.96 Å². The van der Waals surface area contributed by atoms with E-state index in [1.165, 1.54) is 14.6 Å². The SMILES string of the molecule is CN=C(NCc1cccs1)NCc1ccc(C)s1.I. The molecule has 2 N–H and O–H groups in total. The van der Waals surface area contributed by atoms with Gasteiger partial charge < -0.3 is 10.6 Å². The van der Waals surface area contributed by atoms with Gasteiger partial charge in [-0.2, -0.15) is 0 Å². The molecule has 2 heterocycles. The Bertz CT molecular complexity index is 506. The van der Waals surface area contributed by atoms with Crippen LogP contribution >= 0.6 is 46.7 Å². The van der Waals surface area contributed by atoms with Crippen molar-refractivity contribution in [3.63, 3.8) is 0 Å². The van der Waals surface area contributed by atoms with Crippen molar-refractivity contribution in [3.05, 3.63) is 44.3 Å². The van der Waals surface area contributed by atoms with E-state index in [2.05, 4.69) is 52.2 Å². The van der Waals surface area contributed by atoms with Crippen molar-refractivity contribution in [2.45, 2.75) is 20.0 Å². The summed E-state index contributed by atoms with van der Waals surface area (Å²) < 4.78 is 0. The van der Waals surface area contributed by atoms with Crippen LogP contribution in [-0.4, -0.2) is 13.0 Å². The molecule has 0 aliphatic rings. The van der Waals surface area contributed by atoms with Crippen molar-refractivity contribution in [1.82, 2.24) is 10.6 Å². The number of guanidine groups is 1. The number of aryl methyl sites for hydroxylation is 1. The lowest BCUT2D eigenvalue weighted by atomic mass is 10.4. The zero-order valence-electron chi connectivity index (χ0n) is 11.0. The molecule has 0 aromatic carbocycles. The zero-order chi connectivity index (χ0) is 12.8. The van der Waals surface area contributed by atoms with Gasteiger partial charge in [0.1, 0.15) is 0 Å². The van der Waals surface area contributed by atoms with Crippen LogP contribution in [0.2, 0.25) is 0 Å². The van der Waals surface area contributed by atoms with Crippen LogP contribution in [0.4, 0.5) is 0 Å². The summed E-state index contributed by atoms with van der Waals surface area (Å²) in [6.07, 6.45) is 0. The van der Waals surface area contributed by atoms with Gasteiger partial charge in [-0.1, -0.05) is 6.07 Å². The monoisotopic (exact) mass is 407 g/mol. The molecule has 0 unspecified atom stereocenters. The Morgan fingerprint density at radius 1 is 1.16 bits per heavy atom. The van der Waals surface area contributed by atoms with Crippen LogP contribution in [-0.2, 0) is 13.1 Å². The average Bonchev–Trinajstić information content (AvgIpc) is 3.01. The standard InChI is InChI=1S/C13H17N3S2.HI/c1-10-5-6-12(18-10)9-16-13(14-2)15-8-11-4-3-7-17-11;/h3-7H,8-9H2,1-2H3,(H2,14,15,16);1H. The lowest BCUT2D eigenvalue weighted by Gasteiger charge is -2.10. The number of nitrogens with one attached hydrogen (secondary N) is 2. The first-order valence-electron chi connectivity index (χ1n) is 5.80. The lowest BCUT2D eigenvalue weighted by molar-refractivity contribution is 0.822. The van der Waals surface area contributed by atoms with Crippen molar-refractivity contribution in [2.24, 2.45) is 4.99 Å². The molecule has 0 atom stereocenters. The van der Waals surface area contributed by atoms with Crippen LogP contribution in [0.1, 0.15) is 14.6 Å². The van der Waals surface area contributed by atoms with E-state index >= 15 is 0 Å². The van der Waals surface area contributed by atoms with Crippen LogP contribution in [0.25, 0.3) is 0 Å². The Hall–Kier alpha value is -0.600. The Kier molecular flexibility index (Phi) is 7.40. The number of thiophene rings is 2. The maximum absolute atomic E-state index is 4.21. The van der Waals surface area contributed by atoms with Crippen molar-refractivity contribution in [3.8, 4) is 0 Å². The highest BCUT2D eigenvalue weighted by atomic mass is 127. The highest BCUT2D eigenvalue weighted by Gasteiger charge is 2.00. The van der Waals surface area contributed by atoms with E-state index in [9.17, 15) is 0 Å². The Morgan fingerprint density at radius 3 is 2.42 bits per heavy atom. The highest BCUT2D eigenvalue weighted by molar-refractivity contribution is 14.0. The molecule has 0 fully saturated rings.